The summed E-state index contributed by atoms with van der Waals surface area (Å²) in [6, 6.07) is 0. The quantitative estimate of drug-likeness (QED) is 0.650. The molecule has 5 heteroatoms. The van der Waals surface area contributed by atoms with Gasteiger partial charge in [0.05, 0.1) is 0 Å². The highest BCUT2D eigenvalue weighted by atomic mass is 16.7. The molecule has 0 fully saturated rings. The van der Waals surface area contributed by atoms with Gasteiger partial charge in [0.25, 0.3) is 0 Å². The fourth-order valence-electron chi connectivity index (χ4n) is 0.923. The summed E-state index contributed by atoms with van der Waals surface area (Å²) in [6.07, 6.45) is 1.47. The third kappa shape index (κ3) is 1.48. The van der Waals surface area contributed by atoms with Crippen molar-refractivity contribution in [3.8, 4) is 0 Å². The second-order valence-corrected chi connectivity index (χ2v) is 2.28. The van der Waals surface area contributed by atoms with Crippen LogP contribution in [0.1, 0.15) is 24.7 Å². The Morgan fingerprint density at radius 1 is 1.73 bits per heavy atom. The van der Waals surface area contributed by atoms with Crippen molar-refractivity contribution in [2.45, 2.75) is 26.4 Å². The second-order valence-electron chi connectivity index (χ2n) is 2.28. The SMILES string of the molecule is CCCc1c(CO)[nH]o[n+]1=O. The Morgan fingerprint density at radius 3 is 3.00 bits per heavy atom. The van der Waals surface area contributed by atoms with Crippen molar-refractivity contribution < 1.29 is 14.3 Å². The summed E-state index contributed by atoms with van der Waals surface area (Å²) < 4.78 is 4.81. The van der Waals surface area contributed by atoms with Crippen LogP contribution in [-0.2, 0) is 13.0 Å². The lowest BCUT2D eigenvalue weighted by Crippen LogP contribution is -2.16. The van der Waals surface area contributed by atoms with Crippen LogP contribution < -0.4 is 4.60 Å². The van der Waals surface area contributed by atoms with E-state index in [1.807, 2.05) is 6.92 Å². The molecule has 62 valence electrons. The third-order valence-electron chi connectivity index (χ3n) is 1.47. The molecule has 11 heavy (non-hydrogen) atoms. The van der Waals surface area contributed by atoms with Crippen molar-refractivity contribution in [3.05, 3.63) is 16.3 Å². The van der Waals surface area contributed by atoms with E-state index in [0.717, 1.165) is 6.42 Å². The first-order valence-corrected chi connectivity index (χ1v) is 3.52. The van der Waals surface area contributed by atoms with E-state index in [9.17, 15) is 4.91 Å². The van der Waals surface area contributed by atoms with Crippen LogP contribution in [0.4, 0.5) is 0 Å². The molecule has 0 radical (unpaired) electrons. The van der Waals surface area contributed by atoms with Gasteiger partial charge in [-0.3, -0.25) is 0 Å². The molecular weight excluding hydrogens is 148 g/mol. The lowest BCUT2D eigenvalue weighted by atomic mass is 10.2. The minimum absolute atomic E-state index is 0.186. The van der Waals surface area contributed by atoms with Crippen molar-refractivity contribution in [3.63, 3.8) is 0 Å². The molecule has 0 aliphatic heterocycles. The van der Waals surface area contributed by atoms with E-state index >= 15 is 0 Å². The molecule has 1 aromatic heterocycles. The Hall–Kier alpha value is -1.10. The second kappa shape index (κ2) is 3.34. The highest BCUT2D eigenvalue weighted by Gasteiger charge is 2.17. The zero-order valence-electron chi connectivity index (χ0n) is 6.33. The maximum Gasteiger partial charge on any atom is 0.247 e. The molecule has 2 N–H and O–H groups in total. The monoisotopic (exact) mass is 159 g/mol. The smallest absolute Gasteiger partial charge is 0.247 e. The van der Waals surface area contributed by atoms with Gasteiger partial charge in [0, 0.05) is 6.42 Å². The molecule has 0 aliphatic carbocycles. The molecule has 0 aromatic carbocycles. The van der Waals surface area contributed by atoms with Crippen LogP contribution in [0, 0.1) is 4.91 Å². The normalized spacial score (nSPS) is 10.4. The zero-order valence-corrected chi connectivity index (χ0v) is 6.33. The highest BCUT2D eigenvalue weighted by Crippen LogP contribution is 2.01. The molecule has 0 unspecified atom stereocenters. The Morgan fingerprint density at radius 2 is 2.45 bits per heavy atom. The van der Waals surface area contributed by atoms with Gasteiger partial charge >= 0.3 is 0 Å². The van der Waals surface area contributed by atoms with Crippen LogP contribution >= 0.6 is 0 Å². The molecular formula is C6H11N2O3+. The van der Waals surface area contributed by atoms with Crippen LogP contribution in [0.2, 0.25) is 0 Å². The molecule has 1 rings (SSSR count). The molecule has 1 aromatic rings. The first-order valence-electron chi connectivity index (χ1n) is 3.52. The molecule has 0 aliphatic rings. The minimum Gasteiger partial charge on any atom is -0.388 e. The number of aliphatic hydroxyl groups excluding tert-OH is 1. The predicted octanol–water partition coefficient (Wildman–Crippen LogP) is -0.0330. The van der Waals surface area contributed by atoms with E-state index in [1.165, 1.54) is 0 Å². The van der Waals surface area contributed by atoms with E-state index in [0.29, 0.717) is 22.4 Å². The van der Waals surface area contributed by atoms with Gasteiger partial charge in [0.15, 0.2) is 4.60 Å². The summed E-state index contributed by atoms with van der Waals surface area (Å²) in [7, 11) is 0. The molecule has 5 nitrogen and oxygen atoms in total. The van der Waals surface area contributed by atoms with E-state index in [2.05, 4.69) is 9.79 Å². The average Bonchev–Trinajstić information content (AvgIpc) is 2.34. The summed E-state index contributed by atoms with van der Waals surface area (Å²) in [5.74, 6) is 0. The highest BCUT2D eigenvalue weighted by molar-refractivity contribution is 5.00. The number of hydrogen-bond donors (Lipinski definition) is 2. The number of rotatable bonds is 3. The summed E-state index contributed by atoms with van der Waals surface area (Å²) in [6.45, 7) is 1.77. The largest absolute Gasteiger partial charge is 0.388 e. The summed E-state index contributed by atoms with van der Waals surface area (Å²) in [5.41, 5.74) is 0.942. The Labute approximate surface area is 63.2 Å². The van der Waals surface area contributed by atoms with Crippen molar-refractivity contribution >= 4 is 0 Å². The van der Waals surface area contributed by atoms with Crippen LogP contribution in [-0.4, -0.2) is 10.3 Å². The summed E-state index contributed by atoms with van der Waals surface area (Å²) in [5, 5.41) is 11.0. The van der Waals surface area contributed by atoms with Crippen LogP contribution in [0.25, 0.3) is 0 Å². The van der Waals surface area contributed by atoms with Crippen LogP contribution in [0.5, 0.6) is 0 Å². The first-order chi connectivity index (χ1) is 5.29. The van der Waals surface area contributed by atoms with E-state index in [-0.39, 0.29) is 6.61 Å². The summed E-state index contributed by atoms with van der Waals surface area (Å²) in [4.78, 5) is 10.8. The van der Waals surface area contributed by atoms with E-state index < -0.39 is 0 Å². The van der Waals surface area contributed by atoms with Crippen molar-refractivity contribution in [2.75, 3.05) is 0 Å². The average molecular weight is 159 g/mol. The number of aromatic amines is 1. The van der Waals surface area contributed by atoms with Crippen molar-refractivity contribution in [1.29, 1.82) is 0 Å². The molecule has 0 saturated carbocycles. The third-order valence-corrected chi connectivity index (χ3v) is 1.47. The number of hydrogen-bond acceptors (Lipinski definition) is 3. The number of H-pyrrole nitrogens is 1. The standard InChI is InChI=1S/C6H11N2O3/c1-2-3-6-5(4-9)7-11-8(6)10/h7,9H,2-4H2,1H3/q+1. The first kappa shape index (κ1) is 8.00. The zero-order chi connectivity index (χ0) is 8.27. The summed E-state index contributed by atoms with van der Waals surface area (Å²) >= 11 is 0. The minimum atomic E-state index is -0.186. The topological polar surface area (TPSA) is 72.1 Å². The molecule has 0 amide bonds. The van der Waals surface area contributed by atoms with Gasteiger partial charge < -0.3 is 5.11 Å². The van der Waals surface area contributed by atoms with Gasteiger partial charge in [-0.25, -0.2) is 0 Å². The van der Waals surface area contributed by atoms with Crippen LogP contribution in [0.15, 0.2) is 4.63 Å². The Bertz CT molecular complexity index is 276. The van der Waals surface area contributed by atoms with Crippen molar-refractivity contribution in [2.24, 2.45) is 0 Å². The van der Waals surface area contributed by atoms with Gasteiger partial charge in [-0.15, -0.1) is 0 Å². The van der Waals surface area contributed by atoms with E-state index in [4.69, 9.17) is 5.11 Å². The maximum absolute atomic E-state index is 10.8. The molecule has 0 saturated heterocycles. The van der Waals surface area contributed by atoms with Gasteiger partial charge in [-0.05, 0) is 11.3 Å². The van der Waals surface area contributed by atoms with Crippen LogP contribution in [0.3, 0.4) is 0 Å². The number of nitrogens with one attached hydrogen (secondary N) is 1. The molecule has 0 atom stereocenters. The Balaban J connectivity index is 2.97. The van der Waals surface area contributed by atoms with Gasteiger partial charge in [-0.2, -0.15) is 0 Å². The van der Waals surface area contributed by atoms with Gasteiger partial charge in [0.1, 0.15) is 6.61 Å². The Kier molecular flexibility index (Phi) is 2.43. The molecule has 0 bridgehead atoms. The lowest BCUT2D eigenvalue weighted by Gasteiger charge is -1.84. The predicted molar refractivity (Wildman–Crippen MR) is 36.3 cm³/mol. The lowest BCUT2D eigenvalue weighted by molar-refractivity contribution is -0.719. The number of nitrogens with zero attached hydrogens (tertiary/aromatic N) is 1. The maximum atomic E-state index is 10.8. The molecule has 0 spiro atoms. The van der Waals surface area contributed by atoms with Gasteiger partial charge in [-0.1, -0.05) is 16.7 Å². The van der Waals surface area contributed by atoms with Crippen molar-refractivity contribution in [1.82, 2.24) is 5.16 Å². The van der Waals surface area contributed by atoms with Gasteiger partial charge in [0.2, 0.25) is 11.4 Å². The molecule has 1 heterocycles. The van der Waals surface area contributed by atoms with E-state index in [1.54, 1.807) is 0 Å². The number of aliphatic hydroxyl groups is 1. The fourth-order valence-corrected chi connectivity index (χ4v) is 0.923. The fraction of sp³-hybridized carbons (Fsp3) is 0.667. The number of aromatic nitrogens is 2.